The Morgan fingerprint density at radius 3 is 2.56 bits per heavy atom. The van der Waals surface area contributed by atoms with E-state index in [0.717, 1.165) is 12.1 Å². The van der Waals surface area contributed by atoms with E-state index >= 15 is 0 Å². The molecule has 0 aliphatic rings. The lowest BCUT2D eigenvalue weighted by atomic mass is 10.4. The van der Waals surface area contributed by atoms with Crippen molar-refractivity contribution in [1.29, 1.82) is 0 Å². The molecule has 0 saturated carbocycles. The van der Waals surface area contributed by atoms with E-state index in [0.29, 0.717) is 0 Å². The van der Waals surface area contributed by atoms with E-state index in [1.807, 2.05) is 0 Å². The fraction of sp³-hybridized carbons (Fsp3) is 1.00. The zero-order valence-corrected chi connectivity index (χ0v) is 8.23. The minimum Gasteiger partial charge on any atom is -0.424 e. The van der Waals surface area contributed by atoms with E-state index < -0.39 is 0 Å². The molecule has 0 aromatic rings. The molecule has 0 radical (unpaired) electrons. The van der Waals surface area contributed by atoms with Crippen molar-refractivity contribution in [1.82, 2.24) is 0 Å². The Kier molecular flexibility index (Phi) is 6.42. The number of hydrogen-bond donors (Lipinski definition) is 0. The van der Waals surface area contributed by atoms with E-state index in [2.05, 4.69) is 20.8 Å². The zero-order chi connectivity index (χ0) is 7.11. The van der Waals surface area contributed by atoms with Crippen LogP contribution < -0.4 is 0 Å². The van der Waals surface area contributed by atoms with Crippen molar-refractivity contribution >= 4 is 9.76 Å². The maximum atomic E-state index is 5.47. The lowest BCUT2D eigenvalue weighted by Gasteiger charge is -2.06. The molecule has 0 N–H and O–H groups in total. The van der Waals surface area contributed by atoms with Gasteiger partial charge in [0, 0.05) is 6.61 Å². The lowest BCUT2D eigenvalue weighted by Crippen LogP contribution is -2.04. The molecule has 0 heterocycles. The summed E-state index contributed by atoms with van der Waals surface area (Å²) in [7, 11) is -0.175. The summed E-state index contributed by atoms with van der Waals surface area (Å²) in [4.78, 5) is 0. The molecule has 56 valence electrons. The average molecular weight is 146 g/mol. The largest absolute Gasteiger partial charge is 0.424 e. The predicted molar refractivity (Wildman–Crippen MR) is 44.5 cm³/mol. The molecule has 0 bridgehead atoms. The standard InChI is InChI=1S/C7H18OSi/c1-4-6-8-9-7(3)5-2/h7H,4-6,9H2,1-3H3. The summed E-state index contributed by atoms with van der Waals surface area (Å²) in [6, 6.07) is 0. The van der Waals surface area contributed by atoms with Gasteiger partial charge in [-0.05, 0) is 12.0 Å². The van der Waals surface area contributed by atoms with Gasteiger partial charge in [0.2, 0.25) is 0 Å². The molecule has 0 fully saturated rings. The molecule has 0 saturated heterocycles. The Balaban J connectivity index is 2.88. The van der Waals surface area contributed by atoms with Crippen LogP contribution in [-0.4, -0.2) is 16.4 Å². The molecular weight excluding hydrogens is 128 g/mol. The molecule has 0 aliphatic carbocycles. The van der Waals surface area contributed by atoms with Gasteiger partial charge in [0.25, 0.3) is 0 Å². The van der Waals surface area contributed by atoms with Crippen molar-refractivity contribution in [2.45, 2.75) is 39.2 Å². The second kappa shape index (κ2) is 6.30. The van der Waals surface area contributed by atoms with Crippen LogP contribution in [0.4, 0.5) is 0 Å². The van der Waals surface area contributed by atoms with Crippen molar-refractivity contribution in [2.75, 3.05) is 6.61 Å². The highest BCUT2D eigenvalue weighted by atomic mass is 28.2. The van der Waals surface area contributed by atoms with Gasteiger partial charge in [0.1, 0.15) is 0 Å². The maximum absolute atomic E-state index is 5.47. The molecule has 2 heteroatoms. The van der Waals surface area contributed by atoms with E-state index in [1.165, 1.54) is 12.8 Å². The highest BCUT2D eigenvalue weighted by Crippen LogP contribution is 2.05. The molecule has 0 rings (SSSR count). The molecule has 0 aromatic heterocycles. The molecule has 0 amide bonds. The van der Waals surface area contributed by atoms with Crippen molar-refractivity contribution < 1.29 is 4.43 Å². The highest BCUT2D eigenvalue weighted by molar-refractivity contribution is 6.29. The van der Waals surface area contributed by atoms with Gasteiger partial charge in [-0.3, -0.25) is 0 Å². The third kappa shape index (κ3) is 6.06. The lowest BCUT2D eigenvalue weighted by molar-refractivity contribution is 0.328. The Bertz CT molecular complexity index is 56.9. The van der Waals surface area contributed by atoms with Crippen LogP contribution in [0.15, 0.2) is 0 Å². The predicted octanol–water partition coefficient (Wildman–Crippen LogP) is 1.72. The van der Waals surface area contributed by atoms with Gasteiger partial charge in [-0.15, -0.1) is 0 Å². The van der Waals surface area contributed by atoms with Gasteiger partial charge in [0.05, 0.1) is 0 Å². The maximum Gasteiger partial charge on any atom is 0.164 e. The van der Waals surface area contributed by atoms with Crippen LogP contribution in [0.25, 0.3) is 0 Å². The van der Waals surface area contributed by atoms with Crippen LogP contribution in [0.3, 0.4) is 0 Å². The first-order valence-electron chi connectivity index (χ1n) is 3.89. The summed E-state index contributed by atoms with van der Waals surface area (Å²) in [5, 5.41) is 0. The van der Waals surface area contributed by atoms with Crippen LogP contribution in [0.5, 0.6) is 0 Å². The molecule has 0 aliphatic heterocycles. The van der Waals surface area contributed by atoms with Crippen LogP contribution in [0.2, 0.25) is 5.54 Å². The first kappa shape index (κ1) is 9.18. The molecule has 1 nitrogen and oxygen atoms in total. The Morgan fingerprint density at radius 2 is 2.11 bits per heavy atom. The van der Waals surface area contributed by atoms with E-state index in [4.69, 9.17) is 4.43 Å². The first-order valence-corrected chi connectivity index (χ1v) is 5.28. The molecule has 9 heavy (non-hydrogen) atoms. The summed E-state index contributed by atoms with van der Waals surface area (Å²) in [6.07, 6.45) is 2.46. The summed E-state index contributed by atoms with van der Waals surface area (Å²) in [5.74, 6) is 0. The molecule has 0 spiro atoms. The van der Waals surface area contributed by atoms with Gasteiger partial charge in [0.15, 0.2) is 9.76 Å². The topological polar surface area (TPSA) is 9.23 Å². The Hall–Kier alpha value is 0.177. The second-order valence-corrected chi connectivity index (χ2v) is 4.72. The number of hydrogen-bond acceptors (Lipinski definition) is 1. The van der Waals surface area contributed by atoms with Gasteiger partial charge in [-0.2, -0.15) is 0 Å². The van der Waals surface area contributed by atoms with Crippen molar-refractivity contribution in [3.05, 3.63) is 0 Å². The molecule has 0 aromatic carbocycles. The quantitative estimate of drug-likeness (QED) is 0.424. The molecular formula is C7H18OSi. The Morgan fingerprint density at radius 1 is 1.44 bits per heavy atom. The van der Waals surface area contributed by atoms with Crippen LogP contribution >= 0.6 is 0 Å². The highest BCUT2D eigenvalue weighted by Gasteiger charge is 1.97. The van der Waals surface area contributed by atoms with Crippen LogP contribution in [0, 0.1) is 0 Å². The van der Waals surface area contributed by atoms with Crippen molar-refractivity contribution in [3.8, 4) is 0 Å². The summed E-state index contributed by atoms with van der Waals surface area (Å²) >= 11 is 0. The minimum absolute atomic E-state index is 0.175. The third-order valence-electron chi connectivity index (χ3n) is 1.45. The normalized spacial score (nSPS) is 15.0. The fourth-order valence-electron chi connectivity index (χ4n) is 0.547. The second-order valence-electron chi connectivity index (χ2n) is 2.59. The SMILES string of the molecule is CCCO[SiH2]C(C)CC. The van der Waals surface area contributed by atoms with Gasteiger partial charge in [-0.25, -0.2) is 0 Å². The zero-order valence-electron chi connectivity index (χ0n) is 6.81. The smallest absolute Gasteiger partial charge is 0.164 e. The van der Waals surface area contributed by atoms with Crippen LogP contribution in [0.1, 0.15) is 33.6 Å². The molecule has 1 unspecified atom stereocenters. The van der Waals surface area contributed by atoms with E-state index in [-0.39, 0.29) is 9.76 Å². The Labute approximate surface area is 60.7 Å². The van der Waals surface area contributed by atoms with E-state index in [1.54, 1.807) is 0 Å². The van der Waals surface area contributed by atoms with Crippen molar-refractivity contribution in [3.63, 3.8) is 0 Å². The molecule has 1 atom stereocenters. The third-order valence-corrected chi connectivity index (χ3v) is 3.12. The first-order chi connectivity index (χ1) is 4.31. The van der Waals surface area contributed by atoms with Gasteiger partial charge >= 0.3 is 0 Å². The van der Waals surface area contributed by atoms with Crippen molar-refractivity contribution in [2.24, 2.45) is 0 Å². The fourth-order valence-corrected chi connectivity index (χ4v) is 1.64. The average Bonchev–Trinajstić information content (AvgIpc) is 1.89. The van der Waals surface area contributed by atoms with E-state index in [9.17, 15) is 0 Å². The number of rotatable bonds is 5. The monoisotopic (exact) mass is 146 g/mol. The summed E-state index contributed by atoms with van der Waals surface area (Å²) in [6.45, 7) is 7.65. The van der Waals surface area contributed by atoms with Gasteiger partial charge in [-0.1, -0.05) is 27.2 Å². The van der Waals surface area contributed by atoms with Gasteiger partial charge < -0.3 is 4.43 Å². The minimum atomic E-state index is -0.175. The summed E-state index contributed by atoms with van der Waals surface area (Å²) < 4.78 is 5.47. The summed E-state index contributed by atoms with van der Waals surface area (Å²) in [5.41, 5.74) is 0.872. The van der Waals surface area contributed by atoms with Crippen LogP contribution in [-0.2, 0) is 4.43 Å².